The third-order valence-electron chi connectivity index (χ3n) is 2.30. The maximum Gasteiger partial charge on any atom is 0.248 e. The summed E-state index contributed by atoms with van der Waals surface area (Å²) in [6, 6.07) is 7.15. The predicted molar refractivity (Wildman–Crippen MR) is 64.8 cm³/mol. The van der Waals surface area contributed by atoms with Crippen molar-refractivity contribution in [2.45, 2.75) is 0 Å². The van der Waals surface area contributed by atoms with Gasteiger partial charge in [0, 0.05) is 17.3 Å². The first kappa shape index (κ1) is 10.6. The van der Waals surface area contributed by atoms with Crippen LogP contribution in [0.1, 0.15) is 10.4 Å². The Morgan fingerprint density at radius 2 is 2.19 bits per heavy atom. The zero-order chi connectivity index (χ0) is 11.7. The Kier molecular flexibility index (Phi) is 2.62. The van der Waals surface area contributed by atoms with E-state index in [0.29, 0.717) is 5.56 Å². The molecule has 2 N–H and O–H groups in total. The topological polar surface area (TPSA) is 63.4 Å². The van der Waals surface area contributed by atoms with Crippen LogP contribution in [0.2, 0.25) is 0 Å². The van der Waals surface area contributed by atoms with Crippen molar-refractivity contribution in [2.24, 2.45) is 5.73 Å². The van der Waals surface area contributed by atoms with E-state index < -0.39 is 5.91 Å². The van der Waals surface area contributed by atoms with Gasteiger partial charge in [-0.05, 0) is 23.6 Å². The van der Waals surface area contributed by atoms with Crippen molar-refractivity contribution >= 4 is 38.7 Å². The molecule has 0 saturated carbocycles. The van der Waals surface area contributed by atoms with Gasteiger partial charge in [0.2, 0.25) is 12.3 Å². The van der Waals surface area contributed by atoms with E-state index in [1.807, 2.05) is 12.1 Å². The van der Waals surface area contributed by atoms with Crippen LogP contribution >= 0.6 is 11.3 Å². The standard InChI is InChI=1S/C11H10N2O2S/c1-13(6-14)10-5-7-2-3-8(11(12)15)4-9(7)16-10/h2-6H,1H3,(H2,12,15). The van der Waals surface area contributed by atoms with E-state index in [0.717, 1.165) is 21.5 Å². The van der Waals surface area contributed by atoms with Crippen LogP contribution in [0.5, 0.6) is 0 Å². The molecule has 0 aliphatic heterocycles. The van der Waals surface area contributed by atoms with Gasteiger partial charge in [0.05, 0.1) is 5.00 Å². The molecule has 0 unspecified atom stereocenters. The summed E-state index contributed by atoms with van der Waals surface area (Å²) >= 11 is 1.45. The van der Waals surface area contributed by atoms with E-state index in [-0.39, 0.29) is 0 Å². The fourth-order valence-electron chi connectivity index (χ4n) is 1.40. The monoisotopic (exact) mass is 234 g/mol. The molecule has 82 valence electrons. The number of hydrogen-bond acceptors (Lipinski definition) is 3. The Hall–Kier alpha value is -1.88. The molecule has 1 aromatic carbocycles. The number of fused-ring (bicyclic) bond motifs is 1. The number of rotatable bonds is 3. The Labute approximate surface area is 96.3 Å². The van der Waals surface area contributed by atoms with Gasteiger partial charge in [-0.3, -0.25) is 9.59 Å². The fourth-order valence-corrected chi connectivity index (χ4v) is 2.43. The lowest BCUT2D eigenvalue weighted by Crippen LogP contribution is -2.11. The normalized spacial score (nSPS) is 10.3. The Bertz CT molecular complexity index is 562. The summed E-state index contributed by atoms with van der Waals surface area (Å²) in [6.07, 6.45) is 0.750. The molecule has 4 nitrogen and oxygen atoms in total. The van der Waals surface area contributed by atoms with Crippen molar-refractivity contribution in [1.29, 1.82) is 0 Å². The molecule has 5 heteroatoms. The molecule has 0 aliphatic carbocycles. The second-order valence-electron chi connectivity index (χ2n) is 3.42. The molecule has 2 amide bonds. The largest absolute Gasteiger partial charge is 0.366 e. The summed E-state index contributed by atoms with van der Waals surface area (Å²) in [4.78, 5) is 23.1. The highest BCUT2D eigenvalue weighted by molar-refractivity contribution is 7.23. The van der Waals surface area contributed by atoms with E-state index >= 15 is 0 Å². The SMILES string of the molecule is CN(C=O)c1cc2ccc(C(N)=O)cc2s1. The van der Waals surface area contributed by atoms with Crippen LogP contribution in [0.25, 0.3) is 10.1 Å². The quantitative estimate of drug-likeness (QED) is 0.820. The molecule has 0 aliphatic rings. The number of anilines is 1. The van der Waals surface area contributed by atoms with Crippen molar-refractivity contribution in [3.8, 4) is 0 Å². The number of nitrogens with zero attached hydrogens (tertiary/aromatic N) is 1. The molecule has 0 radical (unpaired) electrons. The minimum absolute atomic E-state index is 0.444. The van der Waals surface area contributed by atoms with Crippen molar-refractivity contribution in [3.05, 3.63) is 29.8 Å². The summed E-state index contributed by atoms with van der Waals surface area (Å²) in [6.45, 7) is 0. The number of hydrogen-bond donors (Lipinski definition) is 1. The first-order chi connectivity index (χ1) is 7.61. The van der Waals surface area contributed by atoms with E-state index in [1.165, 1.54) is 16.2 Å². The lowest BCUT2D eigenvalue weighted by atomic mass is 10.2. The minimum Gasteiger partial charge on any atom is -0.366 e. The average Bonchev–Trinajstić information content (AvgIpc) is 2.70. The summed E-state index contributed by atoms with van der Waals surface area (Å²) in [7, 11) is 1.69. The van der Waals surface area contributed by atoms with Crippen LogP contribution in [-0.4, -0.2) is 19.4 Å². The third-order valence-corrected chi connectivity index (χ3v) is 3.49. The minimum atomic E-state index is -0.444. The summed E-state index contributed by atoms with van der Waals surface area (Å²) in [5.41, 5.74) is 5.68. The Balaban J connectivity index is 2.53. The number of carbonyl (C=O) groups is 2. The van der Waals surface area contributed by atoms with Gasteiger partial charge in [0.1, 0.15) is 0 Å². The molecule has 2 rings (SSSR count). The first-order valence-corrected chi connectivity index (χ1v) is 5.45. The smallest absolute Gasteiger partial charge is 0.248 e. The van der Waals surface area contributed by atoms with Gasteiger partial charge in [-0.2, -0.15) is 0 Å². The molecule has 0 bridgehead atoms. The van der Waals surface area contributed by atoms with Crippen LogP contribution in [0, 0.1) is 0 Å². The number of benzene rings is 1. The molecule has 0 atom stereocenters. The van der Waals surface area contributed by atoms with Crippen molar-refractivity contribution < 1.29 is 9.59 Å². The van der Waals surface area contributed by atoms with E-state index in [2.05, 4.69) is 0 Å². The fraction of sp³-hybridized carbons (Fsp3) is 0.0909. The summed E-state index contributed by atoms with van der Waals surface area (Å²) < 4.78 is 0.944. The molecule has 1 heterocycles. The van der Waals surface area contributed by atoms with Crippen molar-refractivity contribution in [2.75, 3.05) is 11.9 Å². The van der Waals surface area contributed by atoms with Crippen LogP contribution in [-0.2, 0) is 4.79 Å². The summed E-state index contributed by atoms with van der Waals surface area (Å²) in [5.74, 6) is -0.444. The van der Waals surface area contributed by atoms with Crippen LogP contribution in [0.4, 0.5) is 5.00 Å². The highest BCUT2D eigenvalue weighted by atomic mass is 32.1. The van der Waals surface area contributed by atoms with Gasteiger partial charge in [0.15, 0.2) is 0 Å². The highest BCUT2D eigenvalue weighted by Crippen LogP contribution is 2.31. The molecule has 0 fully saturated rings. The number of thiophene rings is 1. The highest BCUT2D eigenvalue weighted by Gasteiger charge is 2.07. The van der Waals surface area contributed by atoms with Gasteiger partial charge in [-0.15, -0.1) is 11.3 Å². The van der Waals surface area contributed by atoms with E-state index in [1.54, 1.807) is 19.2 Å². The van der Waals surface area contributed by atoms with Gasteiger partial charge in [-0.25, -0.2) is 0 Å². The van der Waals surface area contributed by atoms with Gasteiger partial charge in [0.25, 0.3) is 0 Å². The summed E-state index contributed by atoms with van der Waals surface area (Å²) in [5, 5.41) is 1.84. The predicted octanol–water partition coefficient (Wildman–Crippen LogP) is 1.59. The van der Waals surface area contributed by atoms with E-state index in [4.69, 9.17) is 5.73 Å². The Morgan fingerprint density at radius 3 is 2.81 bits per heavy atom. The molecular formula is C11H10N2O2S. The number of nitrogens with two attached hydrogens (primary N) is 1. The molecule has 0 spiro atoms. The third kappa shape index (κ3) is 1.77. The van der Waals surface area contributed by atoms with Crippen molar-refractivity contribution in [3.63, 3.8) is 0 Å². The zero-order valence-corrected chi connectivity index (χ0v) is 9.45. The molecule has 1 aromatic heterocycles. The maximum absolute atomic E-state index is 11.0. The maximum atomic E-state index is 11.0. The number of primary amides is 1. The van der Waals surface area contributed by atoms with Gasteiger partial charge >= 0.3 is 0 Å². The second kappa shape index (κ2) is 3.94. The molecule has 0 saturated heterocycles. The molecule has 2 aromatic rings. The number of amides is 2. The van der Waals surface area contributed by atoms with Gasteiger partial charge < -0.3 is 10.6 Å². The number of carbonyl (C=O) groups excluding carboxylic acids is 2. The Morgan fingerprint density at radius 1 is 1.44 bits per heavy atom. The molecular weight excluding hydrogens is 224 g/mol. The van der Waals surface area contributed by atoms with Crippen LogP contribution in [0.15, 0.2) is 24.3 Å². The zero-order valence-electron chi connectivity index (χ0n) is 8.64. The van der Waals surface area contributed by atoms with Crippen molar-refractivity contribution in [1.82, 2.24) is 0 Å². The van der Waals surface area contributed by atoms with Gasteiger partial charge in [-0.1, -0.05) is 6.07 Å². The lowest BCUT2D eigenvalue weighted by Gasteiger charge is -2.04. The second-order valence-corrected chi connectivity index (χ2v) is 4.48. The van der Waals surface area contributed by atoms with Crippen LogP contribution in [0.3, 0.4) is 0 Å². The van der Waals surface area contributed by atoms with Crippen LogP contribution < -0.4 is 10.6 Å². The van der Waals surface area contributed by atoms with E-state index in [9.17, 15) is 9.59 Å². The average molecular weight is 234 g/mol. The first-order valence-electron chi connectivity index (χ1n) is 4.63. The lowest BCUT2D eigenvalue weighted by molar-refractivity contribution is -0.107. The molecule has 16 heavy (non-hydrogen) atoms.